The quantitative estimate of drug-likeness (QED) is 0.0402. The van der Waals surface area contributed by atoms with Crippen LogP contribution >= 0.6 is 0 Å². The predicted octanol–water partition coefficient (Wildman–Crippen LogP) is -1.07. The van der Waals surface area contributed by atoms with Gasteiger partial charge in [0.15, 0.2) is 37.2 Å². The SMILES string of the molecule is CC(C)=CC(=O)C/C(C)=C1\CCC2C3C[C@H](OC4OC(C)C(O)(O)C(OC5OC(C)C(OC6OC(C)C(O)C(O)C6OC6OC(C)C(O)C(O)C6O)C(O)C5OC5OC(C)C(O)C(O)C5O)C4O)C4CC(OS(=O)(=O)O)CCC4(C)C3=CCC12C. The van der Waals surface area contributed by atoms with Gasteiger partial charge in [0, 0.05) is 6.42 Å². The molecule has 4 aliphatic carbocycles. The van der Waals surface area contributed by atoms with Crippen molar-refractivity contribution in [2.45, 2.75) is 286 Å². The van der Waals surface area contributed by atoms with Gasteiger partial charge in [-0.15, -0.1) is 0 Å². The Morgan fingerprint density at radius 2 is 1.12 bits per heavy atom. The summed E-state index contributed by atoms with van der Waals surface area (Å²) in [7, 11) is -4.89. The fourth-order valence-corrected chi connectivity index (χ4v) is 15.7. The highest BCUT2D eigenvalue weighted by atomic mass is 32.3. The second kappa shape index (κ2) is 25.5. The van der Waals surface area contributed by atoms with Gasteiger partial charge in [-0.1, -0.05) is 42.2 Å². The normalized spacial score (nSPS) is 50.7. The van der Waals surface area contributed by atoms with E-state index >= 15 is 0 Å². The zero-order valence-electron chi connectivity index (χ0n) is 49.5. The first-order valence-corrected chi connectivity index (χ1v) is 31.0. The summed E-state index contributed by atoms with van der Waals surface area (Å²) in [6.45, 7) is 16.8. The van der Waals surface area contributed by atoms with E-state index in [1.807, 2.05) is 20.8 Å². The number of allylic oxidation sites excluding steroid dienone is 6. The van der Waals surface area contributed by atoms with E-state index < -0.39 is 187 Å². The molecule has 5 heterocycles. The number of hydrogen-bond acceptors (Lipinski definition) is 26. The molecule has 9 aliphatic rings. The summed E-state index contributed by atoms with van der Waals surface area (Å²) in [6, 6.07) is 0. The molecule has 0 aromatic carbocycles. The molecule has 30 unspecified atom stereocenters. The van der Waals surface area contributed by atoms with Crippen molar-refractivity contribution in [1.82, 2.24) is 0 Å². The van der Waals surface area contributed by atoms with Gasteiger partial charge in [0.25, 0.3) is 0 Å². The Hall–Kier alpha value is -2.12. The number of hydrogen-bond donors (Lipinski definition) is 13. The van der Waals surface area contributed by atoms with Gasteiger partial charge in [-0.25, -0.2) is 4.18 Å². The lowest BCUT2D eigenvalue weighted by molar-refractivity contribution is -0.432. The molecule has 13 N–H and O–H groups in total. The number of rotatable bonds is 15. The van der Waals surface area contributed by atoms with E-state index in [9.17, 15) is 79.0 Å². The first-order chi connectivity index (χ1) is 39.6. The maximum atomic E-state index is 13.1. The monoisotopic (exact) mass is 1240 g/mol. The van der Waals surface area contributed by atoms with E-state index in [-0.39, 0.29) is 42.3 Å². The summed E-state index contributed by atoms with van der Waals surface area (Å²) in [4.78, 5) is 13.1. The molecule has 8 fully saturated rings. The van der Waals surface area contributed by atoms with Crippen molar-refractivity contribution in [1.29, 1.82) is 0 Å². The average Bonchev–Trinajstić information content (AvgIpc) is 1.79. The molecule has 3 saturated carbocycles. The molecular formula is C57H90O27S. The molecule has 0 bridgehead atoms. The lowest BCUT2D eigenvalue weighted by atomic mass is 9.48. The Kier molecular flexibility index (Phi) is 20.2. The maximum Gasteiger partial charge on any atom is 0.397 e. The van der Waals surface area contributed by atoms with Crippen LogP contribution in [0.5, 0.6) is 0 Å². The summed E-state index contributed by atoms with van der Waals surface area (Å²) < 4.78 is 101. The number of ether oxygens (including phenoxy) is 10. The molecule has 31 atom stereocenters. The van der Waals surface area contributed by atoms with Gasteiger partial charge in [0.2, 0.25) is 5.79 Å². The third-order valence-electron chi connectivity index (χ3n) is 20.0. The van der Waals surface area contributed by atoms with Crippen LogP contribution in [0.3, 0.4) is 0 Å². The Balaban J connectivity index is 1.01. The van der Waals surface area contributed by atoms with Gasteiger partial charge in [-0.3, -0.25) is 9.35 Å². The standard InChI is InChI=1S/C57H90O27S/c1-21(2)17-28(58)18-22(3)31-11-12-32-30-20-35(34-19-29(84-85(71,72)73)13-15-56(34,10)33(30)14-16-55(31,32)9)79-52-45(68)49(57(69,70)27(8)78-52)83-54-48(82-51-43(66)40(63)37(60)24(5)75-51)44(67)46(26(7)77-54)80-53-47(41(64)38(61)25(6)76-53)81-50-42(65)39(62)36(59)23(4)74-50/h14,17,23-27,29-30,32,34-54,59-70H,11-13,15-16,18-20H2,1-10H3,(H,71,72,73)/b31-22+/t23?,24?,25?,26?,27?,29?,30?,32?,34?,35-,36?,37?,38?,39?,40?,41?,42?,43?,44?,45?,46?,47?,48?,49?,50?,51?,52?,53?,54?,55?,56?/m0/s1. The van der Waals surface area contributed by atoms with Crippen LogP contribution in [-0.4, -0.2) is 245 Å². The Morgan fingerprint density at radius 3 is 1.69 bits per heavy atom. The summed E-state index contributed by atoms with van der Waals surface area (Å²) in [5.74, 6) is -3.66. The molecule has 28 heteroatoms. The first-order valence-electron chi connectivity index (χ1n) is 29.6. The predicted molar refractivity (Wildman–Crippen MR) is 289 cm³/mol. The van der Waals surface area contributed by atoms with E-state index in [1.54, 1.807) is 6.08 Å². The third-order valence-corrected chi connectivity index (χ3v) is 20.5. The molecular weight excluding hydrogens is 1150 g/mol. The summed E-state index contributed by atoms with van der Waals surface area (Å²) >= 11 is 0. The fraction of sp³-hybridized carbons (Fsp3) is 0.877. The van der Waals surface area contributed by atoms with Crippen molar-refractivity contribution < 1.29 is 131 Å². The third kappa shape index (κ3) is 13.1. The van der Waals surface area contributed by atoms with E-state index in [2.05, 4.69) is 19.9 Å². The number of carbonyl (C=O) groups is 1. The fourth-order valence-electron chi connectivity index (χ4n) is 15.2. The van der Waals surface area contributed by atoms with Crippen LogP contribution < -0.4 is 0 Å². The number of aliphatic hydroxyl groups excluding tert-OH is 10. The molecule has 0 amide bonds. The van der Waals surface area contributed by atoms with Crippen LogP contribution in [0.1, 0.15) is 121 Å². The van der Waals surface area contributed by atoms with Gasteiger partial charge in [-0.2, -0.15) is 8.42 Å². The van der Waals surface area contributed by atoms with Crippen LogP contribution in [0, 0.1) is 28.6 Å². The van der Waals surface area contributed by atoms with E-state index in [0.717, 1.165) is 24.0 Å². The molecule has 0 aromatic heterocycles. The van der Waals surface area contributed by atoms with Crippen LogP contribution in [0.2, 0.25) is 0 Å². The summed E-state index contributed by atoms with van der Waals surface area (Å²) in [5.41, 5.74) is 3.32. The van der Waals surface area contributed by atoms with E-state index in [1.165, 1.54) is 45.8 Å². The second-order valence-corrected chi connectivity index (χ2v) is 27.1. The van der Waals surface area contributed by atoms with E-state index in [0.29, 0.717) is 19.3 Å². The highest BCUT2D eigenvalue weighted by Crippen LogP contribution is 2.66. The lowest BCUT2D eigenvalue weighted by Gasteiger charge is -2.59. The molecule has 5 aliphatic heterocycles. The molecule has 0 spiro atoms. The minimum Gasteiger partial charge on any atom is -0.388 e. The van der Waals surface area contributed by atoms with Crippen molar-refractivity contribution in [3.05, 3.63) is 34.4 Å². The van der Waals surface area contributed by atoms with Crippen molar-refractivity contribution in [3.8, 4) is 0 Å². The highest BCUT2D eigenvalue weighted by Gasteiger charge is 2.63. The lowest BCUT2D eigenvalue weighted by Crippen LogP contribution is -2.70. The topological polar surface area (TPSA) is 416 Å². The van der Waals surface area contributed by atoms with Gasteiger partial charge in [0.05, 0.1) is 36.6 Å². The van der Waals surface area contributed by atoms with Crippen LogP contribution in [0.25, 0.3) is 0 Å². The molecule has 27 nitrogen and oxygen atoms in total. The zero-order chi connectivity index (χ0) is 62.5. The molecule has 0 radical (unpaired) electrons. The van der Waals surface area contributed by atoms with Crippen molar-refractivity contribution in [3.63, 3.8) is 0 Å². The van der Waals surface area contributed by atoms with Crippen LogP contribution in [0.4, 0.5) is 0 Å². The minimum absolute atomic E-state index is 0.0127. The van der Waals surface area contributed by atoms with Gasteiger partial charge in [-0.05, 0) is 135 Å². The minimum atomic E-state index is -4.89. The Morgan fingerprint density at radius 1 is 0.600 bits per heavy atom. The van der Waals surface area contributed by atoms with Crippen molar-refractivity contribution in [2.24, 2.45) is 28.6 Å². The number of fused-ring (bicyclic) bond motifs is 5. The van der Waals surface area contributed by atoms with E-state index in [4.69, 9.17) is 51.6 Å². The molecule has 486 valence electrons. The Bertz CT molecular complexity index is 2580. The first kappa shape index (κ1) is 67.3. The summed E-state index contributed by atoms with van der Waals surface area (Å²) in [6.07, 6.45) is -35.7. The zero-order valence-corrected chi connectivity index (χ0v) is 50.3. The number of aliphatic hydroxyl groups is 12. The van der Waals surface area contributed by atoms with Gasteiger partial charge in [0.1, 0.15) is 91.6 Å². The summed E-state index contributed by atoms with van der Waals surface area (Å²) in [5, 5.41) is 135. The molecule has 85 heavy (non-hydrogen) atoms. The molecule has 0 aromatic rings. The van der Waals surface area contributed by atoms with Crippen molar-refractivity contribution in [2.75, 3.05) is 0 Å². The number of carbonyl (C=O) groups excluding carboxylic acids is 1. The number of ketones is 1. The van der Waals surface area contributed by atoms with Crippen LogP contribution in [-0.2, 0) is 66.7 Å². The second-order valence-electron chi connectivity index (χ2n) is 26.0. The Labute approximate surface area is 494 Å². The maximum absolute atomic E-state index is 13.1. The van der Waals surface area contributed by atoms with Gasteiger partial charge >= 0.3 is 10.4 Å². The molecule has 5 saturated heterocycles. The average molecular weight is 1240 g/mol. The van der Waals surface area contributed by atoms with Crippen LogP contribution in [0.15, 0.2) is 34.4 Å². The smallest absolute Gasteiger partial charge is 0.388 e. The largest absolute Gasteiger partial charge is 0.397 e. The molecule has 9 rings (SSSR count). The van der Waals surface area contributed by atoms with Crippen molar-refractivity contribution >= 4 is 16.2 Å². The highest BCUT2D eigenvalue weighted by molar-refractivity contribution is 7.80. The van der Waals surface area contributed by atoms with Gasteiger partial charge < -0.3 is 109 Å².